The summed E-state index contributed by atoms with van der Waals surface area (Å²) in [6, 6.07) is 12.8. The highest BCUT2D eigenvalue weighted by atomic mass is 79.9. The van der Waals surface area contributed by atoms with E-state index in [0.29, 0.717) is 11.5 Å². The van der Waals surface area contributed by atoms with Gasteiger partial charge < -0.3 is 4.42 Å². The smallest absolute Gasteiger partial charge is 0.291 e. The van der Waals surface area contributed by atoms with Crippen LogP contribution in [0.1, 0.15) is 21.8 Å². The summed E-state index contributed by atoms with van der Waals surface area (Å²) in [7, 11) is 0. The zero-order valence-corrected chi connectivity index (χ0v) is 13.8. The molecule has 0 atom stereocenters. The molecule has 6 nitrogen and oxygen atoms in total. The van der Waals surface area contributed by atoms with Gasteiger partial charge >= 0.3 is 0 Å². The van der Waals surface area contributed by atoms with E-state index in [-0.39, 0.29) is 5.69 Å². The Kier molecular flexibility index (Phi) is 4.38. The van der Waals surface area contributed by atoms with Gasteiger partial charge in [0, 0.05) is 10.5 Å². The number of carbonyl (C=O) groups is 1. The number of benzene rings is 1. The standard InChI is InChI=1S/C16H13BrN4O2/c1-10-5-6-15(23-10)13-8-14(20-19-13)16(22)21-18-9-11-3-2-4-12(17)7-11/h2-9H,1H3,(H,19,20)(H,21,22)/b18-9+. The molecule has 0 fully saturated rings. The van der Waals surface area contributed by atoms with E-state index in [1.807, 2.05) is 43.3 Å². The predicted octanol–water partition coefficient (Wildman–Crippen LogP) is 3.50. The number of halogens is 1. The van der Waals surface area contributed by atoms with Gasteiger partial charge in [0.2, 0.25) is 0 Å². The van der Waals surface area contributed by atoms with Crippen LogP contribution >= 0.6 is 15.9 Å². The van der Waals surface area contributed by atoms with Crippen molar-refractivity contribution in [3.63, 3.8) is 0 Å². The lowest BCUT2D eigenvalue weighted by atomic mass is 10.2. The largest absolute Gasteiger partial charge is 0.460 e. The zero-order valence-electron chi connectivity index (χ0n) is 12.2. The SMILES string of the molecule is Cc1ccc(-c2cc(C(=O)N/N=C/c3cccc(Br)c3)n[nH]2)o1. The molecule has 23 heavy (non-hydrogen) atoms. The molecule has 0 saturated carbocycles. The van der Waals surface area contributed by atoms with Gasteiger partial charge in [-0.05, 0) is 36.8 Å². The highest BCUT2D eigenvalue weighted by Crippen LogP contribution is 2.20. The van der Waals surface area contributed by atoms with Crippen LogP contribution in [0.2, 0.25) is 0 Å². The lowest BCUT2D eigenvalue weighted by molar-refractivity contribution is 0.0950. The second kappa shape index (κ2) is 6.62. The Bertz CT molecular complexity index is 866. The predicted molar refractivity (Wildman–Crippen MR) is 90.2 cm³/mol. The molecule has 1 aromatic carbocycles. The van der Waals surface area contributed by atoms with Gasteiger partial charge in [0.1, 0.15) is 11.5 Å². The summed E-state index contributed by atoms with van der Waals surface area (Å²) in [6.45, 7) is 1.85. The Morgan fingerprint density at radius 2 is 2.22 bits per heavy atom. The summed E-state index contributed by atoms with van der Waals surface area (Å²) in [5, 5.41) is 10.7. The van der Waals surface area contributed by atoms with E-state index in [4.69, 9.17) is 4.42 Å². The van der Waals surface area contributed by atoms with E-state index in [2.05, 4.69) is 36.7 Å². The van der Waals surface area contributed by atoms with Crippen LogP contribution in [-0.2, 0) is 0 Å². The molecule has 0 bridgehead atoms. The van der Waals surface area contributed by atoms with Crippen molar-refractivity contribution < 1.29 is 9.21 Å². The average molecular weight is 373 g/mol. The summed E-state index contributed by atoms with van der Waals surface area (Å²) < 4.78 is 6.42. The molecule has 7 heteroatoms. The highest BCUT2D eigenvalue weighted by Gasteiger charge is 2.12. The number of H-pyrrole nitrogens is 1. The maximum Gasteiger partial charge on any atom is 0.291 e. The van der Waals surface area contributed by atoms with Crippen molar-refractivity contribution >= 4 is 28.1 Å². The molecule has 2 aromatic heterocycles. The van der Waals surface area contributed by atoms with Gasteiger partial charge in [-0.3, -0.25) is 9.89 Å². The summed E-state index contributed by atoms with van der Waals surface area (Å²) in [6.07, 6.45) is 1.56. The minimum Gasteiger partial charge on any atom is -0.460 e. The van der Waals surface area contributed by atoms with Crippen molar-refractivity contribution in [2.24, 2.45) is 5.10 Å². The molecule has 0 aliphatic heterocycles. The molecule has 2 N–H and O–H groups in total. The number of aryl methyl sites for hydroxylation is 1. The van der Waals surface area contributed by atoms with E-state index in [1.54, 1.807) is 12.3 Å². The van der Waals surface area contributed by atoms with Crippen LogP contribution in [-0.4, -0.2) is 22.3 Å². The first-order valence-electron chi connectivity index (χ1n) is 6.83. The lowest BCUT2D eigenvalue weighted by Gasteiger charge is -1.96. The van der Waals surface area contributed by atoms with Crippen LogP contribution < -0.4 is 5.43 Å². The number of amides is 1. The molecule has 0 radical (unpaired) electrons. The maximum atomic E-state index is 12.0. The molecule has 2 heterocycles. The Morgan fingerprint density at radius 1 is 1.35 bits per heavy atom. The minimum absolute atomic E-state index is 0.237. The number of furan rings is 1. The molecule has 0 unspecified atom stereocenters. The van der Waals surface area contributed by atoms with Crippen molar-refractivity contribution in [3.8, 4) is 11.5 Å². The monoisotopic (exact) mass is 372 g/mol. The molecule has 0 aliphatic rings. The van der Waals surface area contributed by atoms with Crippen molar-refractivity contribution in [1.82, 2.24) is 15.6 Å². The third-order valence-corrected chi connectivity index (χ3v) is 3.54. The summed E-state index contributed by atoms with van der Waals surface area (Å²) >= 11 is 3.37. The van der Waals surface area contributed by atoms with E-state index in [9.17, 15) is 4.79 Å². The molecular formula is C16H13BrN4O2. The molecule has 3 rings (SSSR count). The van der Waals surface area contributed by atoms with Crippen LogP contribution in [0.15, 0.2) is 56.5 Å². The second-order valence-electron chi connectivity index (χ2n) is 4.83. The number of hydrogen-bond donors (Lipinski definition) is 2. The summed E-state index contributed by atoms with van der Waals surface area (Å²) in [4.78, 5) is 12.0. The van der Waals surface area contributed by atoms with Gasteiger partial charge in [0.05, 0.1) is 6.21 Å². The number of nitrogens with one attached hydrogen (secondary N) is 2. The number of nitrogens with zero attached hydrogens (tertiary/aromatic N) is 2. The fourth-order valence-electron chi connectivity index (χ4n) is 1.95. The maximum absolute atomic E-state index is 12.0. The van der Waals surface area contributed by atoms with Crippen LogP contribution in [0, 0.1) is 6.92 Å². The van der Waals surface area contributed by atoms with Gasteiger partial charge in [-0.2, -0.15) is 10.2 Å². The number of rotatable bonds is 4. The van der Waals surface area contributed by atoms with Crippen molar-refractivity contribution in [2.45, 2.75) is 6.92 Å². The second-order valence-corrected chi connectivity index (χ2v) is 5.75. The zero-order chi connectivity index (χ0) is 16.2. The van der Waals surface area contributed by atoms with E-state index in [0.717, 1.165) is 15.8 Å². The normalized spacial score (nSPS) is 11.0. The topological polar surface area (TPSA) is 83.3 Å². The van der Waals surface area contributed by atoms with Crippen molar-refractivity contribution in [2.75, 3.05) is 0 Å². The van der Waals surface area contributed by atoms with Gasteiger partial charge in [0.25, 0.3) is 5.91 Å². The Balaban J connectivity index is 1.66. The average Bonchev–Trinajstić information content (AvgIpc) is 3.16. The van der Waals surface area contributed by atoms with E-state index in [1.165, 1.54) is 0 Å². The van der Waals surface area contributed by atoms with Crippen LogP contribution in [0.3, 0.4) is 0 Å². The van der Waals surface area contributed by atoms with E-state index >= 15 is 0 Å². The molecule has 3 aromatic rings. The fourth-order valence-corrected chi connectivity index (χ4v) is 2.37. The van der Waals surface area contributed by atoms with Crippen LogP contribution in [0.4, 0.5) is 0 Å². The Labute approximate surface area is 140 Å². The van der Waals surface area contributed by atoms with Gasteiger partial charge in [0.15, 0.2) is 11.5 Å². The molecular weight excluding hydrogens is 360 g/mol. The first-order valence-corrected chi connectivity index (χ1v) is 7.62. The van der Waals surface area contributed by atoms with Crippen molar-refractivity contribution in [1.29, 1.82) is 0 Å². The quantitative estimate of drug-likeness (QED) is 0.542. The number of hydrazone groups is 1. The molecule has 0 saturated heterocycles. The number of hydrogen-bond acceptors (Lipinski definition) is 4. The Morgan fingerprint density at radius 3 is 2.96 bits per heavy atom. The number of aromatic amines is 1. The molecule has 0 aliphatic carbocycles. The summed E-state index contributed by atoms with van der Waals surface area (Å²) in [5.41, 5.74) is 4.18. The highest BCUT2D eigenvalue weighted by molar-refractivity contribution is 9.10. The van der Waals surface area contributed by atoms with Gasteiger partial charge in [-0.15, -0.1) is 0 Å². The lowest BCUT2D eigenvalue weighted by Crippen LogP contribution is -2.17. The number of carbonyl (C=O) groups excluding carboxylic acids is 1. The first-order chi connectivity index (χ1) is 11.1. The first kappa shape index (κ1) is 15.2. The molecule has 0 spiro atoms. The van der Waals surface area contributed by atoms with Crippen LogP contribution in [0.5, 0.6) is 0 Å². The van der Waals surface area contributed by atoms with Gasteiger partial charge in [-0.1, -0.05) is 28.1 Å². The third-order valence-electron chi connectivity index (χ3n) is 3.04. The van der Waals surface area contributed by atoms with Gasteiger partial charge in [-0.25, -0.2) is 5.43 Å². The van der Waals surface area contributed by atoms with Crippen LogP contribution in [0.25, 0.3) is 11.5 Å². The minimum atomic E-state index is -0.401. The van der Waals surface area contributed by atoms with Crippen molar-refractivity contribution in [3.05, 3.63) is 64.0 Å². The number of aromatic nitrogens is 2. The molecule has 116 valence electrons. The fraction of sp³-hybridized carbons (Fsp3) is 0.0625. The Hall–Kier alpha value is -2.67. The summed E-state index contributed by atoms with van der Waals surface area (Å²) in [5.74, 6) is 1.02. The third kappa shape index (κ3) is 3.75. The van der Waals surface area contributed by atoms with E-state index < -0.39 is 5.91 Å². The molecule has 1 amide bonds.